The molecular weight excluding hydrogens is 332 g/mol. The molecule has 2 aromatic carbocycles. The Bertz CT molecular complexity index is 692. The van der Waals surface area contributed by atoms with Gasteiger partial charge in [0.25, 0.3) is 0 Å². The summed E-state index contributed by atoms with van der Waals surface area (Å²) >= 11 is 16.9. The van der Waals surface area contributed by atoms with Gasteiger partial charge in [0, 0.05) is 10.6 Å². The van der Waals surface area contributed by atoms with Crippen LogP contribution >= 0.6 is 35.4 Å². The van der Waals surface area contributed by atoms with Gasteiger partial charge < -0.3 is 5.32 Å². The van der Waals surface area contributed by atoms with Crippen molar-refractivity contribution in [2.45, 2.75) is 0 Å². The van der Waals surface area contributed by atoms with Gasteiger partial charge in [-0.1, -0.05) is 41.4 Å². The highest BCUT2D eigenvalue weighted by atomic mass is 35.5. The Morgan fingerprint density at radius 3 is 2.67 bits per heavy atom. The highest BCUT2D eigenvalue weighted by molar-refractivity contribution is 7.80. The van der Waals surface area contributed by atoms with Crippen molar-refractivity contribution in [3.63, 3.8) is 0 Å². The van der Waals surface area contributed by atoms with Gasteiger partial charge in [-0.15, -0.1) is 0 Å². The average molecular weight is 342 g/mol. The van der Waals surface area contributed by atoms with Crippen molar-refractivity contribution in [2.75, 3.05) is 5.32 Å². The molecule has 7 heteroatoms. The third kappa shape index (κ3) is 4.67. The zero-order chi connectivity index (χ0) is 15.2. The second-order valence-corrected chi connectivity index (χ2v) is 5.22. The van der Waals surface area contributed by atoms with Crippen LogP contribution in [0.5, 0.6) is 0 Å². The van der Waals surface area contributed by atoms with Crippen LogP contribution in [0.2, 0.25) is 10.0 Å². The first kappa shape index (κ1) is 15.7. The van der Waals surface area contributed by atoms with Crippen LogP contribution in [0.4, 0.5) is 10.1 Å². The summed E-state index contributed by atoms with van der Waals surface area (Å²) in [6.07, 6.45) is 1.34. The fourth-order valence-electron chi connectivity index (χ4n) is 1.48. The van der Waals surface area contributed by atoms with Crippen LogP contribution in [0.1, 0.15) is 5.56 Å². The SMILES string of the molecule is Fc1ccccc1C=NNC(=S)Nc1ccc(Cl)cc1Cl. The molecule has 0 fully saturated rings. The van der Waals surface area contributed by atoms with E-state index < -0.39 is 0 Å². The smallest absolute Gasteiger partial charge is 0.191 e. The molecule has 0 saturated carbocycles. The number of hydrazone groups is 1. The van der Waals surface area contributed by atoms with E-state index >= 15 is 0 Å². The van der Waals surface area contributed by atoms with E-state index in [1.807, 2.05) is 0 Å². The molecule has 108 valence electrons. The molecule has 0 aliphatic carbocycles. The molecule has 0 aromatic heterocycles. The third-order valence-corrected chi connectivity index (χ3v) is 3.20. The summed E-state index contributed by atoms with van der Waals surface area (Å²) in [7, 11) is 0. The zero-order valence-corrected chi connectivity index (χ0v) is 12.9. The summed E-state index contributed by atoms with van der Waals surface area (Å²) in [5, 5.41) is 7.91. The van der Waals surface area contributed by atoms with E-state index in [0.717, 1.165) is 0 Å². The van der Waals surface area contributed by atoms with Crippen LogP contribution in [0, 0.1) is 5.82 Å². The Labute approximate surface area is 136 Å². The van der Waals surface area contributed by atoms with Gasteiger partial charge in [0.1, 0.15) is 5.82 Å². The number of halogens is 3. The summed E-state index contributed by atoms with van der Waals surface area (Å²) in [5.74, 6) is -0.359. The summed E-state index contributed by atoms with van der Waals surface area (Å²) in [5.41, 5.74) is 3.54. The van der Waals surface area contributed by atoms with Crippen molar-refractivity contribution < 1.29 is 4.39 Å². The van der Waals surface area contributed by atoms with Gasteiger partial charge in [-0.2, -0.15) is 5.10 Å². The number of hydrogen-bond donors (Lipinski definition) is 2. The van der Waals surface area contributed by atoms with E-state index in [2.05, 4.69) is 15.8 Å². The maximum absolute atomic E-state index is 13.4. The van der Waals surface area contributed by atoms with Crippen LogP contribution in [0.3, 0.4) is 0 Å². The van der Waals surface area contributed by atoms with Gasteiger partial charge in [0.05, 0.1) is 16.9 Å². The molecule has 21 heavy (non-hydrogen) atoms. The molecule has 2 rings (SSSR count). The zero-order valence-electron chi connectivity index (χ0n) is 10.6. The lowest BCUT2D eigenvalue weighted by Gasteiger charge is -2.08. The minimum absolute atomic E-state index is 0.229. The predicted molar refractivity (Wildman–Crippen MR) is 89.8 cm³/mol. The maximum Gasteiger partial charge on any atom is 0.191 e. The lowest BCUT2D eigenvalue weighted by molar-refractivity contribution is 0.626. The predicted octanol–water partition coefficient (Wildman–Crippen LogP) is 4.45. The summed E-state index contributed by atoms with van der Waals surface area (Å²) in [6.45, 7) is 0. The van der Waals surface area contributed by atoms with Gasteiger partial charge in [0.2, 0.25) is 0 Å². The van der Waals surface area contributed by atoms with Crippen LogP contribution in [-0.2, 0) is 0 Å². The number of nitrogens with zero attached hydrogens (tertiary/aromatic N) is 1. The number of benzene rings is 2. The van der Waals surface area contributed by atoms with Crippen LogP contribution in [0.15, 0.2) is 47.6 Å². The molecule has 3 nitrogen and oxygen atoms in total. The topological polar surface area (TPSA) is 36.4 Å². The summed E-state index contributed by atoms with van der Waals surface area (Å²) < 4.78 is 13.4. The molecule has 0 unspecified atom stereocenters. The Morgan fingerprint density at radius 1 is 1.19 bits per heavy atom. The molecule has 0 heterocycles. The van der Waals surface area contributed by atoms with Crippen LogP contribution in [0.25, 0.3) is 0 Å². The van der Waals surface area contributed by atoms with Gasteiger partial charge in [-0.3, -0.25) is 5.43 Å². The van der Waals surface area contributed by atoms with Crippen LogP contribution in [-0.4, -0.2) is 11.3 Å². The summed E-state index contributed by atoms with van der Waals surface area (Å²) in [6, 6.07) is 11.2. The quantitative estimate of drug-likeness (QED) is 0.491. The Hall–Kier alpha value is -1.69. The maximum atomic E-state index is 13.4. The average Bonchev–Trinajstić information content (AvgIpc) is 2.44. The molecular formula is C14H10Cl2FN3S. The first-order valence-electron chi connectivity index (χ1n) is 5.86. The standard InChI is InChI=1S/C14H10Cl2FN3S/c15-10-5-6-13(11(16)7-10)19-14(21)20-18-8-9-3-1-2-4-12(9)17/h1-8H,(H2,19,20,21). The second-order valence-electron chi connectivity index (χ2n) is 3.97. The van der Waals surface area contributed by atoms with Crippen molar-refractivity contribution in [3.05, 3.63) is 63.9 Å². The monoisotopic (exact) mass is 341 g/mol. The third-order valence-electron chi connectivity index (χ3n) is 2.45. The van der Waals surface area contributed by atoms with E-state index in [-0.39, 0.29) is 10.9 Å². The minimum Gasteiger partial charge on any atom is -0.330 e. The molecule has 0 atom stereocenters. The highest BCUT2D eigenvalue weighted by Crippen LogP contribution is 2.25. The molecule has 0 saturated heterocycles. The number of anilines is 1. The van der Waals surface area contributed by atoms with Crippen molar-refractivity contribution in [1.82, 2.24) is 5.43 Å². The molecule has 0 aliphatic heterocycles. The van der Waals surface area contributed by atoms with Crippen molar-refractivity contribution in [2.24, 2.45) is 5.10 Å². The van der Waals surface area contributed by atoms with E-state index in [0.29, 0.717) is 21.3 Å². The summed E-state index contributed by atoms with van der Waals surface area (Å²) in [4.78, 5) is 0. The number of rotatable bonds is 3. The van der Waals surface area contributed by atoms with E-state index in [1.165, 1.54) is 12.3 Å². The molecule has 0 radical (unpaired) electrons. The number of thiocarbonyl (C=S) groups is 1. The van der Waals surface area contributed by atoms with E-state index in [1.54, 1.807) is 36.4 Å². The number of hydrogen-bond acceptors (Lipinski definition) is 2. The first-order chi connectivity index (χ1) is 10.1. The van der Waals surface area contributed by atoms with E-state index in [4.69, 9.17) is 35.4 Å². The fourth-order valence-corrected chi connectivity index (χ4v) is 2.10. The van der Waals surface area contributed by atoms with Crippen molar-refractivity contribution >= 4 is 52.4 Å². The van der Waals surface area contributed by atoms with Gasteiger partial charge in [0.15, 0.2) is 5.11 Å². The molecule has 2 N–H and O–H groups in total. The molecule has 0 bridgehead atoms. The fraction of sp³-hybridized carbons (Fsp3) is 0. The molecule has 0 amide bonds. The lowest BCUT2D eigenvalue weighted by atomic mass is 10.2. The lowest BCUT2D eigenvalue weighted by Crippen LogP contribution is -2.24. The largest absolute Gasteiger partial charge is 0.330 e. The molecule has 2 aromatic rings. The molecule has 0 spiro atoms. The molecule has 0 aliphatic rings. The normalized spacial score (nSPS) is 10.6. The Balaban J connectivity index is 1.95. The first-order valence-corrected chi connectivity index (χ1v) is 7.02. The minimum atomic E-state index is -0.359. The van der Waals surface area contributed by atoms with Crippen molar-refractivity contribution in [1.29, 1.82) is 0 Å². The van der Waals surface area contributed by atoms with Gasteiger partial charge in [-0.05, 0) is 36.5 Å². The van der Waals surface area contributed by atoms with E-state index in [9.17, 15) is 4.39 Å². The highest BCUT2D eigenvalue weighted by Gasteiger charge is 2.03. The van der Waals surface area contributed by atoms with Gasteiger partial charge in [-0.25, -0.2) is 4.39 Å². The Kier molecular flexibility index (Phi) is 5.50. The van der Waals surface area contributed by atoms with Gasteiger partial charge >= 0.3 is 0 Å². The number of nitrogens with one attached hydrogen (secondary N) is 2. The van der Waals surface area contributed by atoms with Crippen LogP contribution < -0.4 is 10.7 Å². The Morgan fingerprint density at radius 2 is 1.95 bits per heavy atom. The second kappa shape index (κ2) is 7.36. The van der Waals surface area contributed by atoms with Crippen molar-refractivity contribution in [3.8, 4) is 0 Å².